The predicted octanol–water partition coefficient (Wildman–Crippen LogP) is 4.94. The topological polar surface area (TPSA) is 65.0 Å². The molecule has 2 aromatic carbocycles. The Labute approximate surface area is 169 Å². The van der Waals surface area contributed by atoms with Gasteiger partial charge in [0.15, 0.2) is 0 Å². The van der Waals surface area contributed by atoms with Gasteiger partial charge < -0.3 is 4.74 Å². The zero-order valence-corrected chi connectivity index (χ0v) is 16.5. The van der Waals surface area contributed by atoms with Crippen LogP contribution in [0.15, 0.2) is 67.1 Å². The van der Waals surface area contributed by atoms with Gasteiger partial charge in [-0.3, -0.25) is 4.79 Å². The molecule has 0 unspecified atom stereocenters. The first-order valence-corrected chi connectivity index (χ1v) is 9.29. The van der Waals surface area contributed by atoms with Gasteiger partial charge in [-0.15, -0.1) is 0 Å². The Hall–Kier alpha value is -2.87. The number of methoxy groups -OCH3 is 1. The van der Waals surface area contributed by atoms with Crippen molar-refractivity contribution in [1.82, 2.24) is 15.0 Å². The number of halogens is 1. The molecule has 0 saturated carbocycles. The standard InChI is InChI=1S/C21H14IN3O2/c1-27-19-8-6-16(11-23-19)13-5-7-18-17(10-13)20(25-12-24-18)14-3-2-4-15(9-14)21(22)26/h2-12H,1H3. The Morgan fingerprint density at radius 2 is 1.78 bits per heavy atom. The molecule has 5 nitrogen and oxygen atoms in total. The van der Waals surface area contributed by atoms with Crippen LogP contribution in [0.1, 0.15) is 10.4 Å². The van der Waals surface area contributed by atoms with Crippen molar-refractivity contribution in [2.24, 2.45) is 0 Å². The first-order chi connectivity index (χ1) is 13.2. The van der Waals surface area contributed by atoms with Crippen LogP contribution in [0.25, 0.3) is 33.3 Å². The van der Waals surface area contributed by atoms with Gasteiger partial charge in [-0.1, -0.05) is 24.3 Å². The van der Waals surface area contributed by atoms with Gasteiger partial charge in [-0.25, -0.2) is 15.0 Å². The summed E-state index contributed by atoms with van der Waals surface area (Å²) < 4.78 is 5.12. The summed E-state index contributed by atoms with van der Waals surface area (Å²) in [4.78, 5) is 24.8. The highest BCUT2D eigenvalue weighted by Gasteiger charge is 2.10. The summed E-state index contributed by atoms with van der Waals surface area (Å²) in [6.45, 7) is 0. The largest absolute Gasteiger partial charge is 0.481 e. The Morgan fingerprint density at radius 3 is 2.52 bits per heavy atom. The van der Waals surface area contributed by atoms with E-state index in [1.165, 1.54) is 0 Å². The van der Waals surface area contributed by atoms with Crippen LogP contribution in [0, 0.1) is 0 Å². The zero-order chi connectivity index (χ0) is 18.8. The molecule has 0 radical (unpaired) electrons. The number of ether oxygens (including phenoxy) is 1. The van der Waals surface area contributed by atoms with Gasteiger partial charge in [0.1, 0.15) is 6.33 Å². The van der Waals surface area contributed by atoms with E-state index in [0.29, 0.717) is 11.4 Å². The van der Waals surface area contributed by atoms with Crippen LogP contribution >= 0.6 is 22.6 Å². The van der Waals surface area contributed by atoms with Gasteiger partial charge >= 0.3 is 0 Å². The molecule has 0 bridgehead atoms. The third kappa shape index (κ3) is 3.52. The van der Waals surface area contributed by atoms with E-state index in [9.17, 15) is 4.79 Å². The maximum absolute atomic E-state index is 11.7. The molecule has 2 aromatic heterocycles. The number of carbonyl (C=O) groups excluding carboxylic acids is 1. The van der Waals surface area contributed by atoms with Crippen molar-refractivity contribution in [2.75, 3.05) is 7.11 Å². The molecule has 4 aromatic rings. The monoisotopic (exact) mass is 467 g/mol. The Bertz CT molecular complexity index is 1140. The second-order valence-electron chi connectivity index (χ2n) is 5.90. The van der Waals surface area contributed by atoms with Gasteiger partial charge in [0.2, 0.25) is 9.67 Å². The maximum Gasteiger partial charge on any atom is 0.222 e. The Morgan fingerprint density at radius 1 is 0.926 bits per heavy atom. The number of rotatable bonds is 4. The molecule has 0 saturated heterocycles. The molecule has 0 atom stereocenters. The number of pyridine rings is 1. The third-order valence-electron chi connectivity index (χ3n) is 4.28. The fourth-order valence-electron chi connectivity index (χ4n) is 2.93. The van der Waals surface area contributed by atoms with Crippen molar-refractivity contribution in [2.45, 2.75) is 0 Å². The molecular formula is C21H14IN3O2. The van der Waals surface area contributed by atoms with Crippen LogP contribution in [-0.2, 0) is 0 Å². The van der Waals surface area contributed by atoms with Gasteiger partial charge in [0, 0.05) is 56.9 Å². The first kappa shape index (κ1) is 17.5. The van der Waals surface area contributed by atoms with Gasteiger partial charge in [0.25, 0.3) is 0 Å². The molecule has 0 spiro atoms. The predicted molar refractivity (Wildman–Crippen MR) is 113 cm³/mol. The van der Waals surface area contributed by atoms with Gasteiger partial charge in [-0.2, -0.15) is 0 Å². The molecular weight excluding hydrogens is 453 g/mol. The lowest BCUT2D eigenvalue weighted by Gasteiger charge is -2.09. The molecule has 0 aliphatic rings. The maximum atomic E-state index is 11.7. The minimum absolute atomic E-state index is 0.00203. The number of hydrogen-bond donors (Lipinski definition) is 0. The van der Waals surface area contributed by atoms with E-state index in [1.54, 1.807) is 48.3 Å². The molecule has 0 amide bonds. The number of hydrogen-bond acceptors (Lipinski definition) is 5. The minimum Gasteiger partial charge on any atom is -0.481 e. The molecule has 2 heterocycles. The lowest BCUT2D eigenvalue weighted by Crippen LogP contribution is -1.93. The second kappa shape index (κ2) is 7.40. The van der Waals surface area contributed by atoms with Crippen molar-refractivity contribution in [3.05, 3.63) is 72.7 Å². The molecule has 0 aliphatic carbocycles. The average Bonchev–Trinajstić information content (AvgIpc) is 2.73. The Balaban J connectivity index is 1.86. The molecule has 0 aliphatic heterocycles. The van der Waals surface area contributed by atoms with Crippen LogP contribution in [-0.4, -0.2) is 25.9 Å². The summed E-state index contributed by atoms with van der Waals surface area (Å²) in [5.74, 6) is 0.573. The summed E-state index contributed by atoms with van der Waals surface area (Å²) in [5.41, 5.74) is 5.16. The Kier molecular flexibility index (Phi) is 4.81. The van der Waals surface area contributed by atoms with Crippen molar-refractivity contribution in [3.63, 3.8) is 0 Å². The quantitative estimate of drug-likeness (QED) is 0.314. The van der Waals surface area contributed by atoms with E-state index in [2.05, 4.69) is 15.0 Å². The zero-order valence-electron chi connectivity index (χ0n) is 14.4. The van der Waals surface area contributed by atoms with E-state index in [1.807, 2.05) is 48.5 Å². The van der Waals surface area contributed by atoms with Crippen LogP contribution in [0.2, 0.25) is 0 Å². The summed E-state index contributed by atoms with van der Waals surface area (Å²) in [5, 5.41) is 0.920. The lowest BCUT2D eigenvalue weighted by atomic mass is 10.0. The van der Waals surface area contributed by atoms with E-state index in [-0.39, 0.29) is 3.79 Å². The highest BCUT2D eigenvalue weighted by molar-refractivity contribution is 14.1. The lowest BCUT2D eigenvalue weighted by molar-refractivity contribution is 0.110. The number of benzene rings is 2. The van der Waals surface area contributed by atoms with Crippen LogP contribution < -0.4 is 4.74 Å². The molecule has 0 fully saturated rings. The number of nitrogens with zero attached hydrogens (tertiary/aromatic N) is 3. The van der Waals surface area contributed by atoms with Crippen molar-refractivity contribution in [1.29, 1.82) is 0 Å². The molecule has 132 valence electrons. The first-order valence-electron chi connectivity index (χ1n) is 8.21. The number of carbonyl (C=O) groups is 1. The van der Waals surface area contributed by atoms with Crippen LogP contribution in [0.5, 0.6) is 5.88 Å². The summed E-state index contributed by atoms with van der Waals surface area (Å²) in [7, 11) is 1.59. The molecule has 6 heteroatoms. The second-order valence-corrected chi connectivity index (χ2v) is 6.88. The molecule has 27 heavy (non-hydrogen) atoms. The fourth-order valence-corrected chi connectivity index (χ4v) is 3.26. The molecule has 0 N–H and O–H groups in total. The summed E-state index contributed by atoms with van der Waals surface area (Å²) >= 11 is 1.79. The fraction of sp³-hybridized carbons (Fsp3) is 0.0476. The minimum atomic E-state index is -0.00203. The van der Waals surface area contributed by atoms with Gasteiger partial charge in [-0.05, 0) is 29.8 Å². The normalized spacial score (nSPS) is 10.7. The summed E-state index contributed by atoms with van der Waals surface area (Å²) in [6, 6.07) is 17.3. The van der Waals surface area contributed by atoms with Crippen molar-refractivity contribution < 1.29 is 9.53 Å². The number of aromatic nitrogens is 3. The van der Waals surface area contributed by atoms with E-state index < -0.39 is 0 Å². The summed E-state index contributed by atoms with van der Waals surface area (Å²) in [6.07, 6.45) is 3.32. The van der Waals surface area contributed by atoms with E-state index >= 15 is 0 Å². The smallest absolute Gasteiger partial charge is 0.222 e. The third-order valence-corrected chi connectivity index (χ3v) is 4.90. The van der Waals surface area contributed by atoms with E-state index in [0.717, 1.165) is 33.3 Å². The van der Waals surface area contributed by atoms with Crippen molar-refractivity contribution >= 4 is 37.3 Å². The average molecular weight is 467 g/mol. The molecule has 4 rings (SSSR count). The van der Waals surface area contributed by atoms with Crippen molar-refractivity contribution in [3.8, 4) is 28.3 Å². The van der Waals surface area contributed by atoms with Gasteiger partial charge in [0.05, 0.1) is 18.3 Å². The number of fused-ring (bicyclic) bond motifs is 1. The SMILES string of the molecule is COc1ccc(-c2ccc3ncnc(-c4cccc(C(=O)I)c4)c3c2)cn1. The highest BCUT2D eigenvalue weighted by atomic mass is 127. The van der Waals surface area contributed by atoms with Crippen LogP contribution in [0.4, 0.5) is 0 Å². The van der Waals surface area contributed by atoms with E-state index in [4.69, 9.17) is 4.74 Å². The van der Waals surface area contributed by atoms with Crippen LogP contribution in [0.3, 0.4) is 0 Å². The highest BCUT2D eigenvalue weighted by Crippen LogP contribution is 2.30.